The zero-order valence-corrected chi connectivity index (χ0v) is 14.4. The maximum atomic E-state index is 12.2. The Labute approximate surface area is 134 Å². The van der Waals surface area contributed by atoms with Gasteiger partial charge in [-0.1, -0.05) is 15.9 Å². The molecule has 0 spiro atoms. The number of nitrogens with one attached hydrogen (secondary N) is 1. The summed E-state index contributed by atoms with van der Waals surface area (Å²) < 4.78 is 2.14. The molecule has 0 fully saturated rings. The Bertz CT molecular complexity index is 600. The number of benzene rings is 2. The number of halogens is 2. The molecule has 19 heavy (non-hydrogen) atoms. The highest BCUT2D eigenvalue weighted by Crippen LogP contribution is 2.25. The molecule has 2 rings (SSSR count). The topological polar surface area (TPSA) is 29.1 Å². The highest BCUT2D eigenvalue weighted by molar-refractivity contribution is 14.1. The SMILES string of the molecule is Cc1cc(Br)cc(C)c1NC(=O)c1ccc(I)cc1. The summed E-state index contributed by atoms with van der Waals surface area (Å²) in [5.74, 6) is -0.0788. The summed E-state index contributed by atoms with van der Waals surface area (Å²) in [5, 5.41) is 2.98. The van der Waals surface area contributed by atoms with Gasteiger partial charge in [0.15, 0.2) is 0 Å². The summed E-state index contributed by atoms with van der Waals surface area (Å²) in [6.07, 6.45) is 0. The van der Waals surface area contributed by atoms with Gasteiger partial charge < -0.3 is 5.32 Å². The van der Waals surface area contributed by atoms with Gasteiger partial charge in [0.25, 0.3) is 5.91 Å². The molecule has 2 aromatic carbocycles. The molecule has 4 heteroatoms. The highest BCUT2D eigenvalue weighted by atomic mass is 127. The van der Waals surface area contributed by atoms with Crippen LogP contribution in [0.5, 0.6) is 0 Å². The van der Waals surface area contributed by atoms with E-state index in [4.69, 9.17) is 0 Å². The first-order chi connectivity index (χ1) is 8.97. The second-order valence-electron chi connectivity index (χ2n) is 4.38. The number of anilines is 1. The molecule has 0 saturated heterocycles. The fourth-order valence-corrected chi connectivity index (χ4v) is 2.94. The van der Waals surface area contributed by atoms with Crippen LogP contribution >= 0.6 is 38.5 Å². The number of carbonyl (C=O) groups is 1. The Morgan fingerprint density at radius 3 is 2.16 bits per heavy atom. The van der Waals surface area contributed by atoms with Crippen molar-refractivity contribution in [2.24, 2.45) is 0 Å². The molecule has 0 aliphatic rings. The number of rotatable bonds is 2. The van der Waals surface area contributed by atoms with Crippen LogP contribution in [0.1, 0.15) is 21.5 Å². The van der Waals surface area contributed by atoms with E-state index in [0.717, 1.165) is 24.9 Å². The normalized spacial score (nSPS) is 10.3. The molecule has 0 aromatic heterocycles. The van der Waals surface area contributed by atoms with Crippen LogP contribution in [0.3, 0.4) is 0 Å². The number of hydrogen-bond acceptors (Lipinski definition) is 1. The minimum atomic E-state index is -0.0788. The molecular weight excluding hydrogens is 417 g/mol. The molecule has 2 aromatic rings. The lowest BCUT2D eigenvalue weighted by Crippen LogP contribution is -2.13. The zero-order valence-electron chi connectivity index (χ0n) is 10.6. The quantitative estimate of drug-likeness (QED) is 0.674. The van der Waals surface area contributed by atoms with Gasteiger partial charge in [0.2, 0.25) is 0 Å². The third-order valence-corrected chi connectivity index (χ3v) is 4.02. The van der Waals surface area contributed by atoms with E-state index in [-0.39, 0.29) is 5.91 Å². The van der Waals surface area contributed by atoms with Gasteiger partial charge in [-0.3, -0.25) is 4.79 Å². The number of carbonyl (C=O) groups excluding carboxylic acids is 1. The van der Waals surface area contributed by atoms with Crippen molar-refractivity contribution in [1.29, 1.82) is 0 Å². The molecule has 0 unspecified atom stereocenters. The number of aryl methyl sites for hydroxylation is 2. The monoisotopic (exact) mass is 429 g/mol. The van der Waals surface area contributed by atoms with E-state index in [1.54, 1.807) is 0 Å². The van der Waals surface area contributed by atoms with Gasteiger partial charge in [-0.15, -0.1) is 0 Å². The summed E-state index contributed by atoms with van der Waals surface area (Å²) in [7, 11) is 0. The van der Waals surface area contributed by atoms with Gasteiger partial charge in [0.05, 0.1) is 0 Å². The predicted octanol–water partition coefficient (Wildman–Crippen LogP) is 4.92. The van der Waals surface area contributed by atoms with Crippen LogP contribution in [-0.2, 0) is 0 Å². The van der Waals surface area contributed by atoms with E-state index in [1.807, 2.05) is 50.2 Å². The average Bonchev–Trinajstić information content (AvgIpc) is 2.34. The summed E-state index contributed by atoms with van der Waals surface area (Å²) in [6, 6.07) is 11.5. The Morgan fingerprint density at radius 2 is 1.63 bits per heavy atom. The molecular formula is C15H13BrINO. The maximum Gasteiger partial charge on any atom is 0.255 e. The van der Waals surface area contributed by atoms with E-state index in [2.05, 4.69) is 43.8 Å². The average molecular weight is 430 g/mol. The first kappa shape index (κ1) is 14.5. The number of amides is 1. The molecule has 0 aliphatic heterocycles. The fourth-order valence-electron chi connectivity index (χ4n) is 1.89. The van der Waals surface area contributed by atoms with Gasteiger partial charge in [0.1, 0.15) is 0 Å². The van der Waals surface area contributed by atoms with Crippen molar-refractivity contribution in [1.82, 2.24) is 0 Å². The first-order valence-corrected chi connectivity index (χ1v) is 7.68. The Morgan fingerprint density at radius 1 is 1.11 bits per heavy atom. The smallest absolute Gasteiger partial charge is 0.255 e. The van der Waals surface area contributed by atoms with Crippen LogP contribution in [0.4, 0.5) is 5.69 Å². The molecule has 0 saturated carbocycles. The molecule has 0 aliphatic carbocycles. The van der Waals surface area contributed by atoms with Crippen molar-refractivity contribution < 1.29 is 4.79 Å². The summed E-state index contributed by atoms with van der Waals surface area (Å²) in [4.78, 5) is 12.2. The summed E-state index contributed by atoms with van der Waals surface area (Å²) in [5.41, 5.74) is 3.64. The molecule has 1 N–H and O–H groups in total. The third kappa shape index (κ3) is 3.57. The van der Waals surface area contributed by atoms with Crippen LogP contribution < -0.4 is 5.32 Å². The zero-order chi connectivity index (χ0) is 14.0. The standard InChI is InChI=1S/C15H13BrINO/c1-9-7-12(16)8-10(2)14(9)18-15(19)11-3-5-13(17)6-4-11/h3-8H,1-2H3,(H,18,19). The van der Waals surface area contributed by atoms with Crippen LogP contribution in [-0.4, -0.2) is 5.91 Å². The molecule has 0 heterocycles. The minimum Gasteiger partial charge on any atom is -0.322 e. The lowest BCUT2D eigenvalue weighted by Gasteiger charge is -2.12. The van der Waals surface area contributed by atoms with Gasteiger partial charge in [-0.25, -0.2) is 0 Å². The van der Waals surface area contributed by atoms with Crippen molar-refractivity contribution in [3.63, 3.8) is 0 Å². The summed E-state index contributed by atoms with van der Waals surface area (Å²) >= 11 is 5.67. The molecule has 98 valence electrons. The van der Waals surface area contributed by atoms with Crippen molar-refractivity contribution in [3.8, 4) is 0 Å². The second kappa shape index (κ2) is 6.05. The van der Waals surface area contributed by atoms with Crippen molar-refractivity contribution in [2.45, 2.75) is 13.8 Å². The fraction of sp³-hybridized carbons (Fsp3) is 0.133. The molecule has 1 amide bonds. The van der Waals surface area contributed by atoms with Crippen LogP contribution in [0, 0.1) is 17.4 Å². The predicted molar refractivity (Wildman–Crippen MR) is 90.7 cm³/mol. The van der Waals surface area contributed by atoms with E-state index in [9.17, 15) is 4.79 Å². The van der Waals surface area contributed by atoms with Gasteiger partial charge >= 0.3 is 0 Å². The van der Waals surface area contributed by atoms with Gasteiger partial charge in [-0.2, -0.15) is 0 Å². The third-order valence-electron chi connectivity index (χ3n) is 2.84. The van der Waals surface area contributed by atoms with E-state index in [0.29, 0.717) is 5.56 Å². The van der Waals surface area contributed by atoms with Crippen molar-refractivity contribution in [2.75, 3.05) is 5.32 Å². The second-order valence-corrected chi connectivity index (χ2v) is 6.54. The van der Waals surface area contributed by atoms with Gasteiger partial charge in [-0.05, 0) is 84.0 Å². The molecule has 0 bridgehead atoms. The lowest BCUT2D eigenvalue weighted by atomic mass is 10.1. The summed E-state index contributed by atoms with van der Waals surface area (Å²) in [6.45, 7) is 3.97. The van der Waals surface area contributed by atoms with E-state index in [1.165, 1.54) is 0 Å². The van der Waals surface area contributed by atoms with Crippen LogP contribution in [0.2, 0.25) is 0 Å². The maximum absolute atomic E-state index is 12.2. The lowest BCUT2D eigenvalue weighted by molar-refractivity contribution is 0.102. The van der Waals surface area contributed by atoms with E-state index < -0.39 is 0 Å². The Kier molecular flexibility index (Phi) is 4.62. The molecule has 0 radical (unpaired) electrons. The van der Waals surface area contributed by atoms with E-state index >= 15 is 0 Å². The molecule has 0 atom stereocenters. The van der Waals surface area contributed by atoms with Gasteiger partial charge in [0, 0.05) is 19.3 Å². The van der Waals surface area contributed by atoms with Crippen LogP contribution in [0.25, 0.3) is 0 Å². The van der Waals surface area contributed by atoms with Crippen molar-refractivity contribution in [3.05, 3.63) is 61.1 Å². The van der Waals surface area contributed by atoms with Crippen molar-refractivity contribution >= 4 is 50.1 Å². The Balaban J connectivity index is 2.26. The van der Waals surface area contributed by atoms with Crippen LogP contribution in [0.15, 0.2) is 40.9 Å². The minimum absolute atomic E-state index is 0.0788. The Hall–Kier alpha value is -0.880. The highest BCUT2D eigenvalue weighted by Gasteiger charge is 2.10. The number of hydrogen-bond donors (Lipinski definition) is 1. The molecule has 2 nitrogen and oxygen atoms in total. The largest absolute Gasteiger partial charge is 0.322 e. The first-order valence-electron chi connectivity index (χ1n) is 5.81.